The molecule has 1 aromatic rings. The molecule has 0 N–H and O–H groups in total. The highest BCUT2D eigenvalue weighted by Gasteiger charge is 2.20. The molecule has 0 aliphatic carbocycles. The van der Waals surface area contributed by atoms with Crippen molar-refractivity contribution in [2.75, 3.05) is 31.2 Å². The zero-order valence-corrected chi connectivity index (χ0v) is 15.7. The Bertz CT molecular complexity index is 520. The average molecular weight is 337 g/mol. The molecule has 0 fully saturated rings. The number of ether oxygens (including phenoxy) is 2. The molecule has 0 aliphatic rings. The zero-order valence-electron chi connectivity index (χ0n) is 14.7. The fourth-order valence-electron chi connectivity index (χ4n) is 2.13. The number of benzene rings is 1. The highest BCUT2D eigenvalue weighted by atomic mass is 28.3. The van der Waals surface area contributed by atoms with Gasteiger partial charge in [-0.3, -0.25) is 9.59 Å². The van der Waals surface area contributed by atoms with Gasteiger partial charge in [-0.1, -0.05) is 37.0 Å². The molecular formula is C17H27NO4Si. The van der Waals surface area contributed by atoms with Crippen LogP contribution in [0, 0.1) is 0 Å². The smallest absolute Gasteiger partial charge is 0.325 e. The van der Waals surface area contributed by atoms with Crippen molar-refractivity contribution in [2.24, 2.45) is 0 Å². The van der Waals surface area contributed by atoms with Crippen LogP contribution in [0.4, 0.5) is 5.69 Å². The van der Waals surface area contributed by atoms with Crippen LogP contribution in [-0.4, -0.2) is 46.3 Å². The van der Waals surface area contributed by atoms with Crippen LogP contribution in [0.2, 0.25) is 19.6 Å². The molecule has 0 spiro atoms. The Morgan fingerprint density at radius 2 is 1.52 bits per heavy atom. The van der Waals surface area contributed by atoms with E-state index in [2.05, 4.69) is 31.8 Å². The number of carbonyl (C=O) groups is 2. The lowest BCUT2D eigenvalue weighted by Crippen LogP contribution is -2.40. The number of nitrogens with zero attached hydrogens (tertiary/aromatic N) is 1. The lowest BCUT2D eigenvalue weighted by molar-refractivity contribution is -0.142. The van der Waals surface area contributed by atoms with Gasteiger partial charge in [-0.2, -0.15) is 0 Å². The van der Waals surface area contributed by atoms with Crippen molar-refractivity contribution in [2.45, 2.75) is 33.5 Å². The van der Waals surface area contributed by atoms with Gasteiger partial charge in [-0.25, -0.2) is 0 Å². The van der Waals surface area contributed by atoms with Gasteiger partial charge in [0.25, 0.3) is 0 Å². The van der Waals surface area contributed by atoms with Crippen LogP contribution in [0.5, 0.6) is 0 Å². The molecule has 0 unspecified atom stereocenters. The molecule has 0 atom stereocenters. The van der Waals surface area contributed by atoms with Gasteiger partial charge in [0.15, 0.2) is 0 Å². The Morgan fingerprint density at radius 3 is 1.96 bits per heavy atom. The van der Waals surface area contributed by atoms with Gasteiger partial charge < -0.3 is 14.4 Å². The molecule has 23 heavy (non-hydrogen) atoms. The van der Waals surface area contributed by atoms with Gasteiger partial charge in [0, 0.05) is 5.69 Å². The third-order valence-corrected chi connectivity index (χ3v) is 5.37. The third-order valence-electron chi connectivity index (χ3n) is 3.33. The summed E-state index contributed by atoms with van der Waals surface area (Å²) in [5, 5.41) is 1.27. The van der Waals surface area contributed by atoms with Gasteiger partial charge in [0.2, 0.25) is 0 Å². The fraction of sp³-hybridized carbons (Fsp3) is 0.529. The SMILES string of the molecule is CCOC(=O)CN(CC(=O)OCC)c1cccc([Si](C)(C)C)c1. The summed E-state index contributed by atoms with van der Waals surface area (Å²) in [6, 6.07) is 8.03. The molecular weight excluding hydrogens is 310 g/mol. The highest BCUT2D eigenvalue weighted by molar-refractivity contribution is 6.88. The molecule has 0 saturated heterocycles. The summed E-state index contributed by atoms with van der Waals surface area (Å²) >= 11 is 0. The number of rotatable bonds is 8. The maximum atomic E-state index is 11.8. The Labute approximate surface area is 139 Å². The van der Waals surface area contributed by atoms with Crippen molar-refractivity contribution >= 4 is 30.9 Å². The second-order valence-electron chi connectivity index (χ2n) is 6.27. The fourth-order valence-corrected chi connectivity index (χ4v) is 3.31. The number of anilines is 1. The summed E-state index contributed by atoms with van der Waals surface area (Å²) in [5.41, 5.74) is 0.839. The molecule has 0 bridgehead atoms. The largest absolute Gasteiger partial charge is 0.465 e. The first-order valence-corrected chi connectivity index (χ1v) is 11.4. The van der Waals surface area contributed by atoms with E-state index < -0.39 is 8.07 Å². The molecule has 0 heterocycles. The maximum absolute atomic E-state index is 11.8. The third kappa shape index (κ3) is 6.44. The molecule has 1 rings (SSSR count). The molecule has 6 heteroatoms. The summed E-state index contributed by atoms with van der Waals surface area (Å²) in [7, 11) is -1.48. The van der Waals surface area contributed by atoms with Gasteiger partial charge in [0.05, 0.1) is 21.3 Å². The Balaban J connectivity index is 3.02. The quantitative estimate of drug-likeness (QED) is 0.537. The molecule has 0 radical (unpaired) electrons. The minimum atomic E-state index is -1.48. The van der Waals surface area contributed by atoms with E-state index in [0.717, 1.165) is 5.69 Å². The van der Waals surface area contributed by atoms with E-state index in [1.165, 1.54) is 5.19 Å². The van der Waals surface area contributed by atoms with E-state index in [1.54, 1.807) is 18.7 Å². The van der Waals surface area contributed by atoms with Gasteiger partial charge >= 0.3 is 11.9 Å². The highest BCUT2D eigenvalue weighted by Crippen LogP contribution is 2.15. The van der Waals surface area contributed by atoms with Crippen LogP contribution >= 0.6 is 0 Å². The number of carbonyl (C=O) groups excluding carboxylic acids is 2. The molecule has 1 aromatic carbocycles. The summed E-state index contributed by atoms with van der Waals surface area (Å²) in [4.78, 5) is 25.4. The molecule has 0 aliphatic heterocycles. The van der Waals surface area contributed by atoms with Gasteiger partial charge in [-0.15, -0.1) is 0 Å². The van der Waals surface area contributed by atoms with E-state index in [-0.39, 0.29) is 25.0 Å². The van der Waals surface area contributed by atoms with Crippen molar-refractivity contribution in [3.63, 3.8) is 0 Å². The predicted octanol–water partition coefficient (Wildman–Crippen LogP) is 2.16. The van der Waals surface area contributed by atoms with Gasteiger partial charge in [-0.05, 0) is 26.0 Å². The van der Waals surface area contributed by atoms with Crippen LogP contribution < -0.4 is 10.1 Å². The summed E-state index contributed by atoms with van der Waals surface area (Å²) in [5.74, 6) is -0.703. The Morgan fingerprint density at radius 1 is 1.00 bits per heavy atom. The molecule has 5 nitrogen and oxygen atoms in total. The first-order chi connectivity index (χ1) is 10.8. The van der Waals surface area contributed by atoms with Crippen LogP contribution in [0.3, 0.4) is 0 Å². The van der Waals surface area contributed by atoms with Crippen molar-refractivity contribution in [1.82, 2.24) is 0 Å². The van der Waals surface area contributed by atoms with Crippen LogP contribution in [0.25, 0.3) is 0 Å². The first kappa shape index (κ1) is 19.2. The topological polar surface area (TPSA) is 55.8 Å². The minimum absolute atomic E-state index is 0.0296. The number of hydrogen-bond donors (Lipinski definition) is 0. The van der Waals surface area contributed by atoms with E-state index in [1.807, 2.05) is 12.1 Å². The van der Waals surface area contributed by atoms with Crippen LogP contribution in [0.15, 0.2) is 24.3 Å². The molecule has 0 saturated carbocycles. The standard InChI is InChI=1S/C17H27NO4Si/c1-6-21-16(19)12-18(13-17(20)22-7-2)14-9-8-10-15(11-14)23(3,4)5/h8-11H,6-7,12-13H2,1-5H3. The van der Waals surface area contributed by atoms with Crippen molar-refractivity contribution < 1.29 is 19.1 Å². The zero-order chi connectivity index (χ0) is 17.5. The van der Waals surface area contributed by atoms with E-state index in [9.17, 15) is 9.59 Å². The van der Waals surface area contributed by atoms with Crippen molar-refractivity contribution in [3.8, 4) is 0 Å². The normalized spacial score (nSPS) is 11.0. The van der Waals surface area contributed by atoms with Crippen LogP contribution in [0.1, 0.15) is 13.8 Å². The van der Waals surface area contributed by atoms with E-state index in [0.29, 0.717) is 13.2 Å². The van der Waals surface area contributed by atoms with Crippen molar-refractivity contribution in [3.05, 3.63) is 24.3 Å². The van der Waals surface area contributed by atoms with Crippen molar-refractivity contribution in [1.29, 1.82) is 0 Å². The average Bonchev–Trinajstić information content (AvgIpc) is 2.46. The van der Waals surface area contributed by atoms with E-state index in [4.69, 9.17) is 9.47 Å². The monoisotopic (exact) mass is 337 g/mol. The second kappa shape index (κ2) is 8.72. The predicted molar refractivity (Wildman–Crippen MR) is 94.9 cm³/mol. The lowest BCUT2D eigenvalue weighted by Gasteiger charge is -2.25. The summed E-state index contributed by atoms with van der Waals surface area (Å²) in [6.07, 6.45) is 0. The summed E-state index contributed by atoms with van der Waals surface area (Å²) < 4.78 is 10.0. The number of esters is 2. The number of hydrogen-bond acceptors (Lipinski definition) is 5. The molecule has 0 amide bonds. The maximum Gasteiger partial charge on any atom is 0.325 e. The lowest BCUT2D eigenvalue weighted by atomic mass is 10.3. The Hall–Kier alpha value is -1.82. The first-order valence-electron chi connectivity index (χ1n) is 7.94. The molecule has 0 aromatic heterocycles. The second-order valence-corrected chi connectivity index (χ2v) is 11.3. The van der Waals surface area contributed by atoms with E-state index >= 15 is 0 Å². The van der Waals surface area contributed by atoms with Crippen LogP contribution in [-0.2, 0) is 19.1 Å². The minimum Gasteiger partial charge on any atom is -0.465 e. The summed E-state index contributed by atoms with van der Waals surface area (Å²) in [6.45, 7) is 11.0. The van der Waals surface area contributed by atoms with Gasteiger partial charge in [0.1, 0.15) is 13.1 Å². The Kier molecular flexibility index (Phi) is 7.29. The molecule has 128 valence electrons.